The second-order valence-corrected chi connectivity index (χ2v) is 7.01. The Hall–Kier alpha value is -2.36. The quantitative estimate of drug-likeness (QED) is 0.747. The summed E-state index contributed by atoms with van der Waals surface area (Å²) >= 11 is 0. The SMILES string of the molecule is COc1ccccc1CCCCNS(=O)(=O)c1ccccc1C#N. The van der Waals surface area contributed by atoms with Crippen LogP contribution in [0.5, 0.6) is 5.75 Å². The molecule has 1 N–H and O–H groups in total. The third kappa shape index (κ3) is 4.57. The van der Waals surface area contributed by atoms with Crippen molar-refractivity contribution in [1.29, 1.82) is 5.26 Å². The number of benzene rings is 2. The van der Waals surface area contributed by atoms with Gasteiger partial charge in [-0.3, -0.25) is 0 Å². The van der Waals surface area contributed by atoms with Gasteiger partial charge in [0.25, 0.3) is 0 Å². The van der Waals surface area contributed by atoms with Gasteiger partial charge < -0.3 is 4.74 Å². The highest BCUT2D eigenvalue weighted by molar-refractivity contribution is 7.89. The minimum absolute atomic E-state index is 0.0252. The Balaban J connectivity index is 1.87. The smallest absolute Gasteiger partial charge is 0.241 e. The van der Waals surface area contributed by atoms with E-state index in [1.165, 1.54) is 12.1 Å². The third-order valence-corrected chi connectivity index (χ3v) is 5.17. The second kappa shape index (κ2) is 8.48. The van der Waals surface area contributed by atoms with E-state index in [2.05, 4.69) is 4.72 Å². The maximum atomic E-state index is 12.3. The van der Waals surface area contributed by atoms with Gasteiger partial charge >= 0.3 is 0 Å². The molecule has 6 heteroatoms. The first-order valence-electron chi connectivity index (χ1n) is 7.69. The fourth-order valence-corrected chi connectivity index (χ4v) is 3.66. The van der Waals surface area contributed by atoms with E-state index in [-0.39, 0.29) is 10.5 Å². The molecule has 0 aromatic heterocycles. The van der Waals surface area contributed by atoms with Gasteiger partial charge in [0.1, 0.15) is 11.8 Å². The lowest BCUT2D eigenvalue weighted by molar-refractivity contribution is 0.409. The van der Waals surface area contributed by atoms with Crippen molar-refractivity contribution >= 4 is 10.0 Å². The average Bonchev–Trinajstić information content (AvgIpc) is 2.61. The van der Waals surface area contributed by atoms with Crippen LogP contribution in [-0.4, -0.2) is 22.1 Å². The molecule has 0 heterocycles. The van der Waals surface area contributed by atoms with Crippen LogP contribution in [-0.2, 0) is 16.4 Å². The Morgan fingerprint density at radius 3 is 2.54 bits per heavy atom. The summed E-state index contributed by atoms with van der Waals surface area (Å²) in [5.74, 6) is 0.848. The maximum Gasteiger partial charge on any atom is 0.241 e. The zero-order valence-corrected chi connectivity index (χ0v) is 14.3. The van der Waals surface area contributed by atoms with E-state index >= 15 is 0 Å². The van der Waals surface area contributed by atoms with Gasteiger partial charge in [0.2, 0.25) is 10.0 Å². The van der Waals surface area contributed by atoms with Crippen LogP contribution in [0.4, 0.5) is 0 Å². The molecule has 2 rings (SSSR count). The molecular weight excluding hydrogens is 324 g/mol. The standard InChI is InChI=1S/C18H20N2O3S/c1-23-17-11-4-2-8-15(17)9-6-7-13-20-24(21,22)18-12-5-3-10-16(18)14-19/h2-5,8,10-12,20H,6-7,9,13H2,1H3. The molecule has 0 unspecified atom stereocenters. The van der Waals surface area contributed by atoms with Crippen molar-refractivity contribution in [3.8, 4) is 11.8 Å². The minimum Gasteiger partial charge on any atom is -0.496 e. The summed E-state index contributed by atoms with van der Waals surface area (Å²) < 4.78 is 32.4. The zero-order chi connectivity index (χ0) is 17.4. The van der Waals surface area contributed by atoms with Gasteiger partial charge in [-0.1, -0.05) is 30.3 Å². The Labute approximate surface area is 142 Å². The molecule has 0 saturated carbocycles. The summed E-state index contributed by atoms with van der Waals surface area (Å²) in [6.45, 7) is 0.331. The summed E-state index contributed by atoms with van der Waals surface area (Å²) in [4.78, 5) is 0.0252. The monoisotopic (exact) mass is 344 g/mol. The van der Waals surface area contributed by atoms with Crippen molar-refractivity contribution in [2.45, 2.75) is 24.2 Å². The number of hydrogen-bond acceptors (Lipinski definition) is 4. The molecule has 0 fully saturated rings. The van der Waals surface area contributed by atoms with Crippen LogP contribution in [0.15, 0.2) is 53.4 Å². The number of methoxy groups -OCH3 is 1. The fraction of sp³-hybridized carbons (Fsp3) is 0.278. The predicted molar refractivity (Wildman–Crippen MR) is 92.3 cm³/mol. The summed E-state index contributed by atoms with van der Waals surface area (Å²) in [5, 5.41) is 9.01. The number of rotatable bonds is 8. The first kappa shape index (κ1) is 18.0. The molecule has 0 aliphatic rings. The first-order valence-corrected chi connectivity index (χ1v) is 9.17. The van der Waals surface area contributed by atoms with Crippen molar-refractivity contribution in [3.05, 3.63) is 59.7 Å². The van der Waals surface area contributed by atoms with E-state index in [1.807, 2.05) is 30.3 Å². The lowest BCUT2D eigenvalue weighted by atomic mass is 10.1. The first-order chi connectivity index (χ1) is 11.6. The number of nitrogens with one attached hydrogen (secondary N) is 1. The molecule has 0 aliphatic carbocycles. The molecule has 2 aromatic carbocycles. The van der Waals surface area contributed by atoms with Crippen LogP contribution in [0, 0.1) is 11.3 Å². The van der Waals surface area contributed by atoms with E-state index in [9.17, 15) is 8.42 Å². The Morgan fingerprint density at radius 2 is 1.79 bits per heavy atom. The molecule has 126 valence electrons. The molecule has 0 saturated heterocycles. The van der Waals surface area contributed by atoms with Gasteiger partial charge in [0.05, 0.1) is 17.6 Å². The molecule has 5 nitrogen and oxygen atoms in total. The number of unbranched alkanes of at least 4 members (excludes halogenated alkanes) is 1. The normalized spacial score (nSPS) is 11.0. The van der Waals surface area contributed by atoms with Crippen molar-refractivity contribution in [1.82, 2.24) is 4.72 Å². The van der Waals surface area contributed by atoms with Crippen LogP contribution in [0.1, 0.15) is 24.0 Å². The molecule has 0 atom stereocenters. The summed E-state index contributed by atoms with van der Waals surface area (Å²) in [6.07, 6.45) is 2.36. The Morgan fingerprint density at radius 1 is 1.08 bits per heavy atom. The van der Waals surface area contributed by atoms with Gasteiger partial charge in [0, 0.05) is 6.54 Å². The van der Waals surface area contributed by atoms with Crippen LogP contribution < -0.4 is 9.46 Å². The van der Waals surface area contributed by atoms with Crippen molar-refractivity contribution in [2.75, 3.05) is 13.7 Å². The van der Waals surface area contributed by atoms with E-state index in [4.69, 9.17) is 10.00 Å². The van der Waals surface area contributed by atoms with E-state index in [1.54, 1.807) is 19.2 Å². The molecular formula is C18H20N2O3S. The minimum atomic E-state index is -3.66. The van der Waals surface area contributed by atoms with E-state index in [0.29, 0.717) is 13.0 Å². The summed E-state index contributed by atoms with van der Waals surface area (Å²) in [5.41, 5.74) is 1.26. The van der Waals surface area contributed by atoms with Crippen LogP contribution in [0.2, 0.25) is 0 Å². The van der Waals surface area contributed by atoms with Crippen LogP contribution in [0.3, 0.4) is 0 Å². The topological polar surface area (TPSA) is 79.2 Å². The number of nitriles is 1. The van der Waals surface area contributed by atoms with Crippen molar-refractivity contribution < 1.29 is 13.2 Å². The van der Waals surface area contributed by atoms with Gasteiger partial charge in [-0.15, -0.1) is 0 Å². The molecule has 0 bridgehead atoms. The van der Waals surface area contributed by atoms with E-state index < -0.39 is 10.0 Å². The molecule has 24 heavy (non-hydrogen) atoms. The number of aryl methyl sites for hydroxylation is 1. The third-order valence-electron chi connectivity index (χ3n) is 3.65. The van der Waals surface area contributed by atoms with Crippen LogP contribution in [0.25, 0.3) is 0 Å². The highest BCUT2D eigenvalue weighted by atomic mass is 32.2. The molecule has 0 radical (unpaired) electrons. The second-order valence-electron chi connectivity index (χ2n) is 5.27. The zero-order valence-electron chi connectivity index (χ0n) is 13.5. The van der Waals surface area contributed by atoms with E-state index in [0.717, 1.165) is 24.2 Å². The summed E-state index contributed by atoms with van der Waals surface area (Å²) in [6, 6.07) is 15.9. The van der Waals surface area contributed by atoms with Crippen molar-refractivity contribution in [3.63, 3.8) is 0 Å². The molecule has 2 aromatic rings. The average molecular weight is 344 g/mol. The molecule has 0 amide bonds. The lowest BCUT2D eigenvalue weighted by Crippen LogP contribution is -2.25. The van der Waals surface area contributed by atoms with Gasteiger partial charge in [-0.05, 0) is 43.0 Å². The Kier molecular flexibility index (Phi) is 6.36. The number of para-hydroxylation sites is 1. The predicted octanol–water partition coefficient (Wildman–Crippen LogP) is 2.87. The maximum absolute atomic E-state index is 12.3. The fourth-order valence-electron chi connectivity index (χ4n) is 2.43. The highest BCUT2D eigenvalue weighted by Gasteiger charge is 2.17. The number of sulfonamides is 1. The Bertz CT molecular complexity index is 826. The number of ether oxygens (including phenoxy) is 1. The van der Waals surface area contributed by atoms with Crippen molar-refractivity contribution in [2.24, 2.45) is 0 Å². The largest absolute Gasteiger partial charge is 0.496 e. The summed E-state index contributed by atoms with van der Waals surface area (Å²) in [7, 11) is -2.02. The lowest BCUT2D eigenvalue weighted by Gasteiger charge is -2.09. The number of nitrogens with zero attached hydrogens (tertiary/aromatic N) is 1. The number of hydrogen-bond donors (Lipinski definition) is 1. The van der Waals surface area contributed by atoms with Gasteiger partial charge in [-0.25, -0.2) is 13.1 Å². The molecule has 0 aliphatic heterocycles. The highest BCUT2D eigenvalue weighted by Crippen LogP contribution is 2.19. The molecule has 0 spiro atoms. The van der Waals surface area contributed by atoms with Gasteiger partial charge in [0.15, 0.2) is 0 Å². The van der Waals surface area contributed by atoms with Gasteiger partial charge in [-0.2, -0.15) is 5.26 Å². The van der Waals surface area contributed by atoms with Crippen LogP contribution >= 0.6 is 0 Å².